The number of unbranched alkanes of at least 4 members (excludes halogenated alkanes) is 1. The van der Waals surface area contributed by atoms with Gasteiger partial charge in [-0.15, -0.1) is 0 Å². The highest BCUT2D eigenvalue weighted by Gasteiger charge is 2.16. The maximum atomic E-state index is 13.1. The van der Waals surface area contributed by atoms with E-state index in [1.807, 2.05) is 6.92 Å². The van der Waals surface area contributed by atoms with Crippen molar-refractivity contribution in [2.45, 2.75) is 45.8 Å². The van der Waals surface area contributed by atoms with Crippen LogP contribution in [0.25, 0.3) is 0 Å². The fourth-order valence-corrected chi connectivity index (χ4v) is 1.76. The summed E-state index contributed by atoms with van der Waals surface area (Å²) in [5.41, 5.74) is 1.34. The number of aliphatic hydroxyl groups excluding tert-OH is 1. The summed E-state index contributed by atoms with van der Waals surface area (Å²) in [6.07, 6.45) is 1.64. The first kappa shape index (κ1) is 14.1. The minimum atomic E-state index is -0.592. The average Bonchev–Trinajstić information content (AvgIpc) is 2.32. The van der Waals surface area contributed by atoms with Crippen LogP contribution in [0.4, 0.5) is 4.39 Å². The van der Waals surface area contributed by atoms with E-state index in [1.165, 1.54) is 6.07 Å². The SMILES string of the molecule is CCCCNC(C)C(O)c1ccc(F)c(C)c1. The molecule has 3 heteroatoms. The van der Waals surface area contributed by atoms with Gasteiger partial charge < -0.3 is 10.4 Å². The summed E-state index contributed by atoms with van der Waals surface area (Å²) in [5, 5.41) is 13.4. The third-order valence-electron chi connectivity index (χ3n) is 2.99. The van der Waals surface area contributed by atoms with Gasteiger partial charge in [-0.1, -0.05) is 25.5 Å². The topological polar surface area (TPSA) is 32.3 Å². The van der Waals surface area contributed by atoms with Crippen molar-refractivity contribution < 1.29 is 9.50 Å². The number of hydrogen-bond acceptors (Lipinski definition) is 2. The number of rotatable bonds is 6. The van der Waals surface area contributed by atoms with Gasteiger partial charge in [-0.25, -0.2) is 4.39 Å². The van der Waals surface area contributed by atoms with E-state index in [0.717, 1.165) is 24.9 Å². The summed E-state index contributed by atoms with van der Waals surface area (Å²) in [6, 6.07) is 4.74. The molecule has 0 fully saturated rings. The van der Waals surface area contributed by atoms with Gasteiger partial charge in [-0.05, 0) is 44.0 Å². The number of nitrogens with one attached hydrogen (secondary N) is 1. The third-order valence-corrected chi connectivity index (χ3v) is 2.99. The van der Waals surface area contributed by atoms with Crippen LogP contribution >= 0.6 is 0 Å². The number of aryl methyl sites for hydroxylation is 1. The Morgan fingerprint density at radius 1 is 1.41 bits per heavy atom. The summed E-state index contributed by atoms with van der Waals surface area (Å²) in [5.74, 6) is -0.229. The van der Waals surface area contributed by atoms with Crippen molar-refractivity contribution in [2.24, 2.45) is 0 Å². The zero-order valence-corrected chi connectivity index (χ0v) is 10.8. The van der Waals surface area contributed by atoms with Crippen molar-refractivity contribution >= 4 is 0 Å². The summed E-state index contributed by atoms with van der Waals surface area (Å²) < 4.78 is 13.1. The van der Waals surface area contributed by atoms with E-state index >= 15 is 0 Å². The van der Waals surface area contributed by atoms with Crippen molar-refractivity contribution in [2.75, 3.05) is 6.54 Å². The van der Waals surface area contributed by atoms with E-state index in [1.54, 1.807) is 19.1 Å². The molecule has 0 saturated carbocycles. The molecule has 2 atom stereocenters. The van der Waals surface area contributed by atoms with Gasteiger partial charge in [-0.3, -0.25) is 0 Å². The summed E-state index contributed by atoms with van der Waals surface area (Å²) >= 11 is 0. The first-order valence-corrected chi connectivity index (χ1v) is 6.23. The van der Waals surface area contributed by atoms with E-state index in [0.29, 0.717) is 5.56 Å². The molecule has 0 radical (unpaired) electrons. The van der Waals surface area contributed by atoms with Crippen molar-refractivity contribution in [3.8, 4) is 0 Å². The van der Waals surface area contributed by atoms with Gasteiger partial charge in [0.15, 0.2) is 0 Å². The maximum Gasteiger partial charge on any atom is 0.126 e. The van der Waals surface area contributed by atoms with Gasteiger partial charge in [0.05, 0.1) is 6.10 Å². The Kier molecular flexibility index (Phi) is 5.59. The van der Waals surface area contributed by atoms with Crippen molar-refractivity contribution in [3.63, 3.8) is 0 Å². The van der Waals surface area contributed by atoms with Crippen LogP contribution in [0.3, 0.4) is 0 Å². The van der Waals surface area contributed by atoms with Crippen molar-refractivity contribution in [3.05, 3.63) is 35.1 Å². The number of hydrogen-bond donors (Lipinski definition) is 2. The molecule has 2 N–H and O–H groups in total. The van der Waals surface area contributed by atoms with Crippen LogP contribution in [-0.2, 0) is 0 Å². The molecule has 2 nitrogen and oxygen atoms in total. The molecule has 0 saturated heterocycles. The molecule has 0 bridgehead atoms. The molecule has 0 amide bonds. The molecule has 96 valence electrons. The smallest absolute Gasteiger partial charge is 0.126 e. The van der Waals surface area contributed by atoms with Crippen LogP contribution in [0, 0.1) is 12.7 Å². The van der Waals surface area contributed by atoms with Gasteiger partial charge in [-0.2, -0.15) is 0 Å². The normalized spacial score (nSPS) is 14.6. The lowest BCUT2D eigenvalue weighted by Crippen LogP contribution is -2.32. The Hall–Kier alpha value is -0.930. The largest absolute Gasteiger partial charge is 0.387 e. The number of aliphatic hydroxyl groups is 1. The van der Waals surface area contributed by atoms with Crippen LogP contribution < -0.4 is 5.32 Å². The molecular formula is C14H22FNO. The quantitative estimate of drug-likeness (QED) is 0.748. The molecule has 0 aliphatic heterocycles. The fraction of sp³-hybridized carbons (Fsp3) is 0.571. The molecular weight excluding hydrogens is 217 g/mol. The molecule has 2 unspecified atom stereocenters. The van der Waals surface area contributed by atoms with Crippen LogP contribution in [-0.4, -0.2) is 17.7 Å². The Balaban J connectivity index is 2.61. The van der Waals surface area contributed by atoms with E-state index < -0.39 is 6.10 Å². The van der Waals surface area contributed by atoms with Gasteiger partial charge in [0, 0.05) is 6.04 Å². The van der Waals surface area contributed by atoms with Gasteiger partial charge in [0.25, 0.3) is 0 Å². The Morgan fingerprint density at radius 2 is 2.12 bits per heavy atom. The second-order valence-corrected chi connectivity index (χ2v) is 4.55. The maximum absolute atomic E-state index is 13.1. The molecule has 0 aliphatic carbocycles. The molecule has 0 aliphatic rings. The molecule has 0 heterocycles. The van der Waals surface area contributed by atoms with Crippen molar-refractivity contribution in [1.82, 2.24) is 5.32 Å². The fourth-order valence-electron chi connectivity index (χ4n) is 1.76. The predicted molar refractivity (Wildman–Crippen MR) is 68.5 cm³/mol. The molecule has 1 aromatic carbocycles. The lowest BCUT2D eigenvalue weighted by molar-refractivity contribution is 0.136. The van der Waals surface area contributed by atoms with Gasteiger partial charge in [0.1, 0.15) is 5.82 Å². The zero-order chi connectivity index (χ0) is 12.8. The highest BCUT2D eigenvalue weighted by atomic mass is 19.1. The Labute approximate surface area is 103 Å². The van der Waals surface area contributed by atoms with Crippen LogP contribution in [0.2, 0.25) is 0 Å². The zero-order valence-electron chi connectivity index (χ0n) is 10.8. The Morgan fingerprint density at radius 3 is 2.71 bits per heavy atom. The molecule has 1 aromatic rings. The summed E-state index contributed by atoms with van der Waals surface area (Å²) in [7, 11) is 0. The van der Waals surface area contributed by atoms with E-state index in [9.17, 15) is 9.50 Å². The van der Waals surface area contributed by atoms with Gasteiger partial charge >= 0.3 is 0 Å². The van der Waals surface area contributed by atoms with Crippen LogP contribution in [0.15, 0.2) is 18.2 Å². The molecule has 17 heavy (non-hydrogen) atoms. The third kappa shape index (κ3) is 4.10. The number of benzene rings is 1. The molecule has 0 aromatic heterocycles. The first-order valence-electron chi connectivity index (χ1n) is 6.23. The standard InChI is InChI=1S/C14H22FNO/c1-4-5-8-16-11(3)14(17)12-6-7-13(15)10(2)9-12/h6-7,9,11,14,16-17H,4-5,8H2,1-3H3. The average molecular weight is 239 g/mol. The molecule has 1 rings (SSSR count). The minimum absolute atomic E-state index is 0.0218. The van der Waals surface area contributed by atoms with Crippen LogP contribution in [0.5, 0.6) is 0 Å². The lowest BCUT2D eigenvalue weighted by Gasteiger charge is -2.21. The molecule has 0 spiro atoms. The minimum Gasteiger partial charge on any atom is -0.387 e. The predicted octanol–water partition coefficient (Wildman–Crippen LogP) is 2.95. The van der Waals surface area contributed by atoms with E-state index in [4.69, 9.17) is 0 Å². The van der Waals surface area contributed by atoms with Crippen LogP contribution in [0.1, 0.15) is 43.9 Å². The van der Waals surface area contributed by atoms with Gasteiger partial charge in [0.2, 0.25) is 0 Å². The van der Waals surface area contributed by atoms with E-state index in [-0.39, 0.29) is 11.9 Å². The summed E-state index contributed by atoms with van der Waals surface area (Å²) in [6.45, 7) is 6.68. The second kappa shape index (κ2) is 6.72. The first-order chi connectivity index (χ1) is 8.06. The summed E-state index contributed by atoms with van der Waals surface area (Å²) in [4.78, 5) is 0. The second-order valence-electron chi connectivity index (χ2n) is 4.55. The monoisotopic (exact) mass is 239 g/mol. The lowest BCUT2D eigenvalue weighted by atomic mass is 10.0. The number of halogens is 1. The highest BCUT2D eigenvalue weighted by molar-refractivity contribution is 5.26. The highest BCUT2D eigenvalue weighted by Crippen LogP contribution is 2.19. The van der Waals surface area contributed by atoms with E-state index in [2.05, 4.69) is 12.2 Å². The van der Waals surface area contributed by atoms with Crippen molar-refractivity contribution in [1.29, 1.82) is 0 Å². The Bertz CT molecular complexity index is 354.